The summed E-state index contributed by atoms with van der Waals surface area (Å²) in [6, 6.07) is 9.21. The molecule has 27 heavy (non-hydrogen) atoms. The number of amides is 1. The van der Waals surface area contributed by atoms with E-state index in [9.17, 15) is 14.7 Å². The maximum atomic E-state index is 12.6. The number of rotatable bonds is 8. The number of aliphatic hydroxyl groups excluding tert-OH is 1. The summed E-state index contributed by atoms with van der Waals surface area (Å²) in [6.45, 7) is 0.775. The minimum atomic E-state index is -0.203. The van der Waals surface area contributed by atoms with Crippen LogP contribution in [-0.4, -0.2) is 46.7 Å². The Balaban J connectivity index is 1.54. The monoisotopic (exact) mass is 372 g/mol. The van der Waals surface area contributed by atoms with Crippen molar-refractivity contribution in [1.29, 1.82) is 0 Å². The van der Waals surface area contributed by atoms with Crippen LogP contribution in [0.5, 0.6) is 5.75 Å². The lowest BCUT2D eigenvalue weighted by molar-refractivity contribution is -0.135. The minimum Gasteiger partial charge on any atom is -0.493 e. The lowest BCUT2D eigenvalue weighted by Gasteiger charge is -2.34. The molecule has 1 aliphatic carbocycles. The summed E-state index contributed by atoms with van der Waals surface area (Å²) in [6.07, 6.45) is 6.56. The molecule has 1 aromatic carbocycles. The van der Waals surface area contributed by atoms with Crippen molar-refractivity contribution in [1.82, 2.24) is 9.88 Å². The van der Waals surface area contributed by atoms with Crippen LogP contribution in [0.2, 0.25) is 0 Å². The molecule has 1 heterocycles. The molecule has 0 atom stereocenters. The van der Waals surface area contributed by atoms with Crippen LogP contribution in [0.15, 0.2) is 35.1 Å². The fourth-order valence-corrected chi connectivity index (χ4v) is 3.85. The molecular weight excluding hydrogens is 344 g/mol. The second-order valence-electron chi connectivity index (χ2n) is 7.10. The summed E-state index contributed by atoms with van der Waals surface area (Å²) in [5.74, 6) is 0.622. The van der Waals surface area contributed by atoms with Gasteiger partial charge in [0.2, 0.25) is 5.91 Å². The number of carbonyl (C=O) groups is 1. The predicted octanol–water partition coefficient (Wildman–Crippen LogP) is 2.84. The molecule has 0 radical (unpaired) electrons. The van der Waals surface area contributed by atoms with Crippen LogP contribution in [0.1, 0.15) is 44.9 Å². The van der Waals surface area contributed by atoms with E-state index in [0.29, 0.717) is 31.7 Å². The van der Waals surface area contributed by atoms with Gasteiger partial charge in [0.05, 0.1) is 18.7 Å². The first kappa shape index (κ1) is 19.4. The number of aromatic nitrogens is 1. The Hall–Kier alpha value is -2.34. The molecule has 6 nitrogen and oxygen atoms in total. The van der Waals surface area contributed by atoms with Crippen molar-refractivity contribution in [2.45, 2.75) is 51.0 Å². The van der Waals surface area contributed by atoms with Crippen LogP contribution in [0.4, 0.5) is 0 Å². The molecular formula is C21H28N2O4. The Kier molecular flexibility index (Phi) is 6.87. The van der Waals surface area contributed by atoms with Gasteiger partial charge >= 0.3 is 0 Å². The largest absolute Gasteiger partial charge is 0.493 e. The van der Waals surface area contributed by atoms with E-state index in [1.54, 1.807) is 0 Å². The van der Waals surface area contributed by atoms with Crippen LogP contribution in [0.25, 0.3) is 10.9 Å². The summed E-state index contributed by atoms with van der Waals surface area (Å²) >= 11 is 0. The minimum absolute atomic E-state index is 0.00246. The van der Waals surface area contributed by atoms with Crippen molar-refractivity contribution in [2.75, 3.05) is 19.8 Å². The number of fused-ring (bicyclic) bond motifs is 1. The Labute approximate surface area is 159 Å². The third kappa shape index (κ3) is 5.10. The first-order chi connectivity index (χ1) is 13.2. The van der Waals surface area contributed by atoms with Crippen molar-refractivity contribution in [3.8, 4) is 5.75 Å². The molecule has 2 aromatic rings. The van der Waals surface area contributed by atoms with E-state index >= 15 is 0 Å². The number of nitrogens with zero attached hydrogens (tertiary/aromatic N) is 1. The Bertz CT molecular complexity index is 811. The highest BCUT2D eigenvalue weighted by Crippen LogP contribution is 2.24. The van der Waals surface area contributed by atoms with Crippen LogP contribution in [-0.2, 0) is 4.79 Å². The number of para-hydroxylation sites is 1. The topological polar surface area (TPSA) is 82.6 Å². The average Bonchev–Trinajstić information content (AvgIpc) is 2.69. The smallest absolute Gasteiger partial charge is 0.252 e. The lowest BCUT2D eigenvalue weighted by atomic mass is 9.94. The third-order valence-electron chi connectivity index (χ3n) is 5.18. The van der Waals surface area contributed by atoms with Crippen molar-refractivity contribution in [2.24, 2.45) is 0 Å². The zero-order valence-electron chi connectivity index (χ0n) is 15.7. The molecule has 3 rings (SSSR count). The van der Waals surface area contributed by atoms with Gasteiger partial charge in [0.15, 0.2) is 0 Å². The lowest BCUT2D eigenvalue weighted by Crippen LogP contribution is -2.43. The Morgan fingerprint density at radius 3 is 2.78 bits per heavy atom. The van der Waals surface area contributed by atoms with Gasteiger partial charge in [0.25, 0.3) is 5.56 Å². The second kappa shape index (κ2) is 9.55. The van der Waals surface area contributed by atoms with Gasteiger partial charge in [-0.1, -0.05) is 31.4 Å². The van der Waals surface area contributed by atoms with Crippen molar-refractivity contribution < 1.29 is 14.6 Å². The van der Waals surface area contributed by atoms with E-state index in [-0.39, 0.29) is 24.1 Å². The van der Waals surface area contributed by atoms with E-state index in [1.165, 1.54) is 12.5 Å². The van der Waals surface area contributed by atoms with Crippen molar-refractivity contribution >= 4 is 16.8 Å². The highest BCUT2D eigenvalue weighted by Gasteiger charge is 2.24. The molecule has 0 aliphatic heterocycles. The van der Waals surface area contributed by atoms with E-state index in [2.05, 4.69) is 4.98 Å². The molecule has 1 fully saturated rings. The van der Waals surface area contributed by atoms with E-state index in [1.807, 2.05) is 29.2 Å². The maximum Gasteiger partial charge on any atom is 0.252 e. The summed E-state index contributed by atoms with van der Waals surface area (Å²) < 4.78 is 5.80. The van der Waals surface area contributed by atoms with Gasteiger partial charge in [-0.25, -0.2) is 0 Å². The molecule has 1 aliphatic rings. The number of carbonyl (C=O) groups excluding carboxylic acids is 1. The van der Waals surface area contributed by atoms with Gasteiger partial charge in [0, 0.05) is 30.5 Å². The van der Waals surface area contributed by atoms with Crippen LogP contribution < -0.4 is 10.3 Å². The number of ether oxygens (including phenoxy) is 1. The molecule has 2 N–H and O–H groups in total. The number of aromatic amines is 1. The molecule has 1 aromatic heterocycles. The van der Waals surface area contributed by atoms with Gasteiger partial charge in [0.1, 0.15) is 5.75 Å². The summed E-state index contributed by atoms with van der Waals surface area (Å²) in [5.41, 5.74) is 0.536. The van der Waals surface area contributed by atoms with Crippen molar-refractivity contribution in [3.05, 3.63) is 40.7 Å². The highest BCUT2D eigenvalue weighted by molar-refractivity contribution is 5.84. The number of aliphatic hydroxyl groups is 1. The first-order valence-corrected chi connectivity index (χ1v) is 9.84. The average molecular weight is 372 g/mol. The Morgan fingerprint density at radius 1 is 1.22 bits per heavy atom. The van der Waals surface area contributed by atoms with Gasteiger partial charge in [-0.05, 0) is 31.4 Å². The highest BCUT2D eigenvalue weighted by atomic mass is 16.5. The number of nitrogens with one attached hydrogen (secondary N) is 1. The molecule has 146 valence electrons. The number of hydrogen-bond donors (Lipinski definition) is 2. The SMILES string of the molecule is O=C(CCCOc1cc(=O)[nH]c2ccccc12)N(CCO)C1CCCCC1. The number of benzene rings is 1. The van der Waals surface area contributed by atoms with Crippen LogP contribution >= 0.6 is 0 Å². The zero-order valence-corrected chi connectivity index (χ0v) is 15.7. The number of hydrogen-bond acceptors (Lipinski definition) is 4. The zero-order chi connectivity index (χ0) is 19.1. The van der Waals surface area contributed by atoms with E-state index in [4.69, 9.17) is 4.74 Å². The van der Waals surface area contributed by atoms with Gasteiger partial charge in [-0.3, -0.25) is 9.59 Å². The quantitative estimate of drug-likeness (QED) is 0.698. The summed E-state index contributed by atoms with van der Waals surface area (Å²) in [4.78, 5) is 29.0. The summed E-state index contributed by atoms with van der Waals surface area (Å²) in [5, 5.41) is 10.2. The molecule has 1 saturated carbocycles. The van der Waals surface area contributed by atoms with Crippen LogP contribution in [0.3, 0.4) is 0 Å². The molecule has 0 spiro atoms. The Morgan fingerprint density at radius 2 is 2.00 bits per heavy atom. The van der Waals surface area contributed by atoms with Gasteiger partial charge in [-0.15, -0.1) is 0 Å². The maximum absolute atomic E-state index is 12.6. The summed E-state index contributed by atoms with van der Waals surface area (Å²) in [7, 11) is 0. The second-order valence-corrected chi connectivity index (χ2v) is 7.10. The van der Waals surface area contributed by atoms with E-state index in [0.717, 1.165) is 36.6 Å². The molecule has 6 heteroatoms. The third-order valence-corrected chi connectivity index (χ3v) is 5.18. The van der Waals surface area contributed by atoms with Gasteiger partial charge in [-0.2, -0.15) is 0 Å². The molecule has 0 saturated heterocycles. The fraction of sp³-hybridized carbons (Fsp3) is 0.524. The molecule has 1 amide bonds. The number of pyridine rings is 1. The van der Waals surface area contributed by atoms with E-state index < -0.39 is 0 Å². The molecule has 0 unspecified atom stereocenters. The van der Waals surface area contributed by atoms with Crippen molar-refractivity contribution in [3.63, 3.8) is 0 Å². The predicted molar refractivity (Wildman–Crippen MR) is 105 cm³/mol. The molecule has 0 bridgehead atoms. The normalized spacial score (nSPS) is 15.0. The van der Waals surface area contributed by atoms with Gasteiger partial charge < -0.3 is 19.7 Å². The fourth-order valence-electron chi connectivity index (χ4n) is 3.85. The first-order valence-electron chi connectivity index (χ1n) is 9.84. The number of H-pyrrole nitrogens is 1. The van der Waals surface area contributed by atoms with Crippen LogP contribution in [0, 0.1) is 0 Å². The standard InChI is InChI=1S/C21H28N2O4/c24-13-12-23(16-7-2-1-3-8-16)21(26)11-6-14-27-19-15-20(25)22-18-10-5-4-9-17(18)19/h4-5,9-10,15-16,24H,1-3,6-8,11-14H2,(H,22,25).